The van der Waals surface area contributed by atoms with Gasteiger partial charge in [-0.25, -0.2) is 4.79 Å². The molecule has 0 spiro atoms. The van der Waals surface area contributed by atoms with E-state index in [1.807, 2.05) is 0 Å². The predicted molar refractivity (Wildman–Crippen MR) is 48.2 cm³/mol. The number of hydrogen-bond acceptors (Lipinski definition) is 4. The van der Waals surface area contributed by atoms with E-state index in [0.717, 1.165) is 0 Å². The van der Waals surface area contributed by atoms with Crippen LogP contribution in [-0.2, 0) is 0 Å². The number of nitrogen functional groups attached to an aromatic ring is 1. The van der Waals surface area contributed by atoms with Gasteiger partial charge < -0.3 is 15.9 Å². The van der Waals surface area contributed by atoms with Crippen LogP contribution in [0.1, 0.15) is 0 Å². The van der Waals surface area contributed by atoms with E-state index in [1.54, 1.807) is 0 Å². The molecule has 1 aromatic carbocycles. The number of carboxylic acid groups (broad SMARTS) is 2. The second-order valence-corrected chi connectivity index (χ2v) is 2.13. The van der Waals surface area contributed by atoms with E-state index >= 15 is 0 Å². The van der Waals surface area contributed by atoms with Crippen molar-refractivity contribution < 1.29 is 19.9 Å². The second-order valence-electron chi connectivity index (χ2n) is 2.13. The average molecular weight is 200 g/mol. The van der Waals surface area contributed by atoms with Crippen LogP contribution in [0.5, 0.6) is 0 Å². The summed E-state index contributed by atoms with van der Waals surface area (Å²) in [4.78, 5) is 18.2. The molecule has 0 saturated heterocycles. The molecule has 14 heavy (non-hydrogen) atoms. The molecule has 76 valence electrons. The maximum absolute atomic E-state index is 10.1. The number of nitrogens with zero attached hydrogens (tertiary/aromatic N) is 1. The van der Waals surface area contributed by atoms with Crippen LogP contribution in [0, 0.1) is 10.1 Å². The smallest absolute Gasteiger partial charge is 0.450 e. The summed E-state index contributed by atoms with van der Waals surface area (Å²) in [5, 5.41) is 24.0. The van der Waals surface area contributed by atoms with Gasteiger partial charge in [0, 0.05) is 17.8 Å². The molecule has 0 unspecified atom stereocenters. The Bertz CT molecular complexity index is 317. The summed E-state index contributed by atoms with van der Waals surface area (Å²) < 4.78 is 0. The van der Waals surface area contributed by atoms with E-state index < -0.39 is 11.1 Å². The molecule has 7 heteroatoms. The van der Waals surface area contributed by atoms with Crippen molar-refractivity contribution >= 4 is 17.5 Å². The summed E-state index contributed by atoms with van der Waals surface area (Å²) in [5.41, 5.74) is 5.90. The zero-order valence-electron chi connectivity index (χ0n) is 6.95. The number of nitrogens with two attached hydrogens (primary N) is 1. The Morgan fingerprint density at radius 2 is 1.64 bits per heavy atom. The van der Waals surface area contributed by atoms with Crippen molar-refractivity contribution in [2.45, 2.75) is 0 Å². The molecule has 4 N–H and O–H groups in total. The molecule has 0 heterocycles. The van der Waals surface area contributed by atoms with Gasteiger partial charge in [-0.2, -0.15) is 0 Å². The van der Waals surface area contributed by atoms with Crippen LogP contribution < -0.4 is 5.73 Å². The van der Waals surface area contributed by atoms with Crippen molar-refractivity contribution in [3.63, 3.8) is 0 Å². The Morgan fingerprint density at radius 3 is 1.93 bits per heavy atom. The first-order chi connectivity index (χ1) is 6.43. The molecule has 1 aromatic rings. The van der Waals surface area contributed by atoms with Gasteiger partial charge in [-0.3, -0.25) is 10.1 Å². The van der Waals surface area contributed by atoms with E-state index in [1.165, 1.54) is 24.3 Å². The normalized spacial score (nSPS) is 8.29. The summed E-state index contributed by atoms with van der Waals surface area (Å²) in [6.07, 6.45) is -1.83. The Balaban J connectivity index is 0.000000364. The van der Waals surface area contributed by atoms with Gasteiger partial charge >= 0.3 is 6.16 Å². The molecule has 0 aliphatic heterocycles. The maximum atomic E-state index is 10.1. The van der Waals surface area contributed by atoms with E-state index in [-0.39, 0.29) is 5.69 Å². The number of rotatable bonds is 1. The predicted octanol–water partition coefficient (Wildman–Crippen LogP) is 1.40. The van der Waals surface area contributed by atoms with E-state index in [9.17, 15) is 10.1 Å². The van der Waals surface area contributed by atoms with E-state index in [4.69, 9.17) is 20.7 Å². The molecule has 0 bridgehead atoms. The second kappa shape index (κ2) is 5.36. The fourth-order valence-corrected chi connectivity index (χ4v) is 0.596. The van der Waals surface area contributed by atoms with Gasteiger partial charge in [-0.1, -0.05) is 0 Å². The average Bonchev–Trinajstić information content (AvgIpc) is 2.03. The van der Waals surface area contributed by atoms with E-state index in [2.05, 4.69) is 0 Å². The molecule has 0 saturated carbocycles. The number of benzene rings is 1. The standard InChI is InChI=1S/C6H6N2O2.CH2O3/c7-5-1-3-6(4-2-5)8(9)10;2-1(3)4/h1-4H,7H2;(H2,2,3,4). The minimum absolute atomic E-state index is 0.0641. The maximum Gasteiger partial charge on any atom is 0.503 e. The summed E-state index contributed by atoms with van der Waals surface area (Å²) in [5.74, 6) is 0. The summed E-state index contributed by atoms with van der Waals surface area (Å²) in [7, 11) is 0. The molecule has 0 radical (unpaired) electrons. The van der Waals surface area contributed by atoms with Gasteiger partial charge in [0.05, 0.1) is 4.92 Å². The zero-order chi connectivity index (χ0) is 11.1. The Kier molecular flexibility index (Phi) is 4.47. The summed E-state index contributed by atoms with van der Waals surface area (Å²) >= 11 is 0. The van der Waals surface area contributed by atoms with Gasteiger partial charge in [0.15, 0.2) is 0 Å². The summed E-state index contributed by atoms with van der Waals surface area (Å²) in [6, 6.07) is 5.74. The first kappa shape index (κ1) is 11.7. The molecule has 0 aromatic heterocycles. The SMILES string of the molecule is Nc1ccc([N+](=O)[O-])cc1.O=C(O)O. The van der Waals surface area contributed by atoms with Crippen molar-refractivity contribution in [3.05, 3.63) is 34.4 Å². The molecule has 0 atom stereocenters. The van der Waals surface area contributed by atoms with Gasteiger partial charge in [0.25, 0.3) is 5.69 Å². The lowest BCUT2D eigenvalue weighted by molar-refractivity contribution is -0.384. The van der Waals surface area contributed by atoms with Crippen molar-refractivity contribution in [1.82, 2.24) is 0 Å². The molecular weight excluding hydrogens is 192 g/mol. The van der Waals surface area contributed by atoms with Crippen LogP contribution in [0.2, 0.25) is 0 Å². The van der Waals surface area contributed by atoms with E-state index in [0.29, 0.717) is 5.69 Å². The molecule has 1 rings (SSSR count). The highest BCUT2D eigenvalue weighted by Crippen LogP contribution is 2.11. The minimum atomic E-state index is -1.83. The summed E-state index contributed by atoms with van der Waals surface area (Å²) in [6.45, 7) is 0. The van der Waals surface area contributed by atoms with Crippen molar-refractivity contribution in [2.24, 2.45) is 0 Å². The van der Waals surface area contributed by atoms with Crippen LogP contribution in [0.4, 0.5) is 16.2 Å². The lowest BCUT2D eigenvalue weighted by atomic mass is 10.3. The molecule has 7 nitrogen and oxygen atoms in total. The molecule has 0 fully saturated rings. The van der Waals surface area contributed by atoms with Crippen LogP contribution in [0.25, 0.3) is 0 Å². The highest BCUT2D eigenvalue weighted by molar-refractivity contribution is 5.53. The molecule has 0 amide bonds. The molecule has 0 aliphatic carbocycles. The Morgan fingerprint density at radius 1 is 1.29 bits per heavy atom. The van der Waals surface area contributed by atoms with Crippen LogP contribution in [-0.4, -0.2) is 21.3 Å². The third kappa shape index (κ3) is 5.35. The Hall–Kier alpha value is -2.31. The third-order valence-electron chi connectivity index (χ3n) is 1.10. The van der Waals surface area contributed by atoms with Crippen molar-refractivity contribution in [3.8, 4) is 0 Å². The number of anilines is 1. The van der Waals surface area contributed by atoms with Gasteiger partial charge in [-0.15, -0.1) is 0 Å². The van der Waals surface area contributed by atoms with Gasteiger partial charge in [-0.05, 0) is 12.1 Å². The minimum Gasteiger partial charge on any atom is -0.450 e. The fraction of sp³-hybridized carbons (Fsp3) is 0. The lowest BCUT2D eigenvalue weighted by Gasteiger charge is -1.90. The number of nitro groups is 1. The number of nitro benzene ring substituents is 1. The van der Waals surface area contributed by atoms with Crippen molar-refractivity contribution in [2.75, 3.05) is 5.73 Å². The largest absolute Gasteiger partial charge is 0.503 e. The number of carbonyl (C=O) groups is 1. The molecular formula is C7H8N2O5. The monoisotopic (exact) mass is 200 g/mol. The van der Waals surface area contributed by atoms with Crippen molar-refractivity contribution in [1.29, 1.82) is 0 Å². The van der Waals surface area contributed by atoms with Gasteiger partial charge in [0.1, 0.15) is 0 Å². The third-order valence-corrected chi connectivity index (χ3v) is 1.10. The topological polar surface area (TPSA) is 127 Å². The highest BCUT2D eigenvalue weighted by Gasteiger charge is 2.00. The van der Waals surface area contributed by atoms with Crippen LogP contribution >= 0.6 is 0 Å². The first-order valence-electron chi connectivity index (χ1n) is 3.35. The first-order valence-corrected chi connectivity index (χ1v) is 3.35. The van der Waals surface area contributed by atoms with Gasteiger partial charge in [0.2, 0.25) is 0 Å². The van der Waals surface area contributed by atoms with Crippen LogP contribution in [0.3, 0.4) is 0 Å². The highest BCUT2D eigenvalue weighted by atomic mass is 16.6. The lowest BCUT2D eigenvalue weighted by Crippen LogP contribution is -1.88. The number of non-ortho nitro benzene ring substituents is 1. The zero-order valence-corrected chi connectivity index (χ0v) is 6.95. The molecule has 0 aliphatic rings. The number of hydrogen-bond donors (Lipinski definition) is 3. The Labute approximate surface area is 78.5 Å². The fourth-order valence-electron chi connectivity index (χ4n) is 0.596. The van der Waals surface area contributed by atoms with Crippen LogP contribution in [0.15, 0.2) is 24.3 Å². The quantitative estimate of drug-likeness (QED) is 0.357.